The summed E-state index contributed by atoms with van der Waals surface area (Å²) in [4.78, 5) is 0. The fourth-order valence-electron chi connectivity index (χ4n) is 3.34. The van der Waals surface area contributed by atoms with Crippen LogP contribution in [-0.2, 0) is 25.8 Å². The van der Waals surface area contributed by atoms with Crippen LogP contribution in [0.3, 0.4) is 0 Å². The van der Waals surface area contributed by atoms with Gasteiger partial charge in [0.15, 0.2) is 0 Å². The molecule has 1 aromatic rings. The predicted molar refractivity (Wildman–Crippen MR) is 96.8 cm³/mol. The molecule has 1 saturated heterocycles. The first-order chi connectivity index (χ1) is 9.66. The van der Waals surface area contributed by atoms with Crippen molar-refractivity contribution in [2.75, 3.05) is 0 Å². The molecule has 0 bridgehead atoms. The summed E-state index contributed by atoms with van der Waals surface area (Å²) in [7, 11) is -0.852. The minimum absolute atomic E-state index is 0. The number of hydrogen-bond donors (Lipinski definition) is 0. The van der Waals surface area contributed by atoms with Gasteiger partial charge in [-0.15, -0.1) is 6.92 Å². The van der Waals surface area contributed by atoms with Gasteiger partial charge >= 0.3 is 25.8 Å². The van der Waals surface area contributed by atoms with Crippen LogP contribution in [0.1, 0.15) is 46.6 Å². The van der Waals surface area contributed by atoms with Crippen molar-refractivity contribution in [1.29, 1.82) is 0 Å². The van der Waals surface area contributed by atoms with Crippen molar-refractivity contribution in [2.45, 2.75) is 66.6 Å². The number of allylic oxidation sites excluding steroid dienone is 4. The number of aryl methyl sites for hydroxylation is 1. The van der Waals surface area contributed by atoms with Crippen molar-refractivity contribution >= 4 is 13.3 Å². The molecule has 1 aliphatic heterocycles. The number of halogens is 2. The molecule has 0 nitrogen and oxygen atoms in total. The largest absolute Gasteiger partial charge is 4.00 e. The first-order valence-electron chi connectivity index (χ1n) is 8.20. The fraction of sp³-hybridized carbons (Fsp3) is 0.550. The Morgan fingerprint density at radius 1 is 1.12 bits per heavy atom. The van der Waals surface area contributed by atoms with E-state index in [1.54, 1.807) is 5.19 Å². The Kier molecular flexibility index (Phi) is 11.1. The summed E-state index contributed by atoms with van der Waals surface area (Å²) in [6.45, 7) is 15.6. The second-order valence-corrected chi connectivity index (χ2v) is 12.4. The van der Waals surface area contributed by atoms with Crippen LogP contribution < -0.4 is 30.0 Å². The summed E-state index contributed by atoms with van der Waals surface area (Å²) in [6.07, 6.45) is 4.91. The zero-order valence-corrected chi connectivity index (χ0v) is 22.2. The van der Waals surface area contributed by atoms with Crippen molar-refractivity contribution in [3.63, 3.8) is 0 Å². The second-order valence-electron chi connectivity index (χ2n) is 7.72. The molecule has 1 aliphatic carbocycles. The molecular formula is C20H30Cl2HfSi. The van der Waals surface area contributed by atoms with Gasteiger partial charge in [0.25, 0.3) is 0 Å². The quantitative estimate of drug-likeness (QED) is 0.329. The molecule has 2 aliphatic rings. The smallest absolute Gasteiger partial charge is 1.00 e. The second kappa shape index (κ2) is 9.99. The van der Waals surface area contributed by atoms with E-state index in [1.165, 1.54) is 40.8 Å². The molecule has 132 valence electrons. The maximum absolute atomic E-state index is 3.44. The number of hydrogen-bond acceptors (Lipinski definition) is 0. The van der Waals surface area contributed by atoms with Gasteiger partial charge in [-0.3, -0.25) is 6.08 Å². The van der Waals surface area contributed by atoms with E-state index in [2.05, 4.69) is 72.4 Å². The van der Waals surface area contributed by atoms with E-state index in [0.29, 0.717) is 0 Å². The van der Waals surface area contributed by atoms with E-state index in [1.807, 2.05) is 0 Å². The summed E-state index contributed by atoms with van der Waals surface area (Å²) in [5.41, 5.74) is 5.84. The Bertz CT molecular complexity index is 593. The molecule has 0 saturated carbocycles. The maximum atomic E-state index is 3.44. The van der Waals surface area contributed by atoms with Gasteiger partial charge in [-0.25, -0.2) is 16.8 Å². The third-order valence-corrected chi connectivity index (χ3v) is 10.2. The van der Waals surface area contributed by atoms with Crippen molar-refractivity contribution in [3.05, 3.63) is 46.6 Å². The third kappa shape index (κ3) is 5.76. The average Bonchev–Trinajstić information content (AvgIpc) is 2.87. The molecule has 1 fully saturated rings. The molecule has 1 heterocycles. The first-order valence-corrected chi connectivity index (χ1v) is 11.1. The molecule has 0 N–H and O–H groups in total. The zero-order valence-electron chi connectivity index (χ0n) is 16.1. The first kappa shape index (κ1) is 26.7. The molecule has 3 rings (SSSR count). The molecule has 0 unspecified atom stereocenters. The Labute approximate surface area is 181 Å². The summed E-state index contributed by atoms with van der Waals surface area (Å²) >= 11 is 0. The van der Waals surface area contributed by atoms with Gasteiger partial charge in [0.2, 0.25) is 0 Å². The van der Waals surface area contributed by atoms with Crippen LogP contribution in [0.4, 0.5) is 0 Å². The van der Waals surface area contributed by atoms with Crippen LogP contribution in [0.5, 0.6) is 0 Å². The van der Waals surface area contributed by atoms with Gasteiger partial charge in [0, 0.05) is 8.07 Å². The van der Waals surface area contributed by atoms with Crippen LogP contribution in [-0.4, -0.2) is 8.07 Å². The average molecular weight is 548 g/mol. The monoisotopic (exact) mass is 548 g/mol. The van der Waals surface area contributed by atoms with E-state index in [9.17, 15) is 0 Å². The molecule has 0 spiro atoms. The molecular weight excluding hydrogens is 518 g/mol. The van der Waals surface area contributed by atoms with Gasteiger partial charge in [-0.1, -0.05) is 65.1 Å². The van der Waals surface area contributed by atoms with Crippen LogP contribution in [0, 0.1) is 18.4 Å². The van der Waals surface area contributed by atoms with E-state index in [4.69, 9.17) is 0 Å². The Hall–Kier alpha value is 0.497. The van der Waals surface area contributed by atoms with E-state index < -0.39 is 8.07 Å². The molecule has 4 heteroatoms. The zero-order chi connectivity index (χ0) is 15.8. The Balaban J connectivity index is 0. The minimum atomic E-state index is -0.852. The maximum Gasteiger partial charge on any atom is 4.00 e. The molecule has 0 aromatic heterocycles. The molecule has 24 heavy (non-hydrogen) atoms. The van der Waals surface area contributed by atoms with Gasteiger partial charge in [-0.2, -0.15) is 28.8 Å². The van der Waals surface area contributed by atoms with Crippen molar-refractivity contribution in [1.82, 2.24) is 0 Å². The van der Waals surface area contributed by atoms with E-state index >= 15 is 0 Å². The predicted octanol–water partition coefficient (Wildman–Crippen LogP) is -0.479. The van der Waals surface area contributed by atoms with Gasteiger partial charge in [-0.05, 0) is 0 Å². The van der Waals surface area contributed by atoms with Crippen LogP contribution in [0.25, 0.3) is 0 Å². The van der Waals surface area contributed by atoms with Gasteiger partial charge in [0.1, 0.15) is 0 Å². The van der Waals surface area contributed by atoms with Crippen LogP contribution in [0.15, 0.2) is 34.9 Å². The number of rotatable bonds is 1. The Morgan fingerprint density at radius 2 is 1.67 bits per heavy atom. The SMILES string of the molecule is CC1=[C-]C(C)(C)C(C)=C1C.C[c-]1ccc([Si]2(C)CCC2)c1.[Cl-].[Cl-].[Hf+4]. The van der Waals surface area contributed by atoms with Crippen molar-refractivity contribution < 1.29 is 50.7 Å². The standard InChI is InChI=1S/C10H15Si.C10H15.2ClH.Hf/c1-9-4-5-10(8-9)11(2)6-3-7-11;1-7-6-10(4,5)9(3)8(7)2;;;/h4-5,8H,3,6-7H2,1-2H3;1-5H3;2*1H;/q2*-1;;;+4/p-2. The van der Waals surface area contributed by atoms with E-state index in [-0.39, 0.29) is 56.1 Å². The van der Waals surface area contributed by atoms with Crippen LogP contribution in [0.2, 0.25) is 18.6 Å². The van der Waals surface area contributed by atoms with Crippen molar-refractivity contribution in [3.8, 4) is 0 Å². The topological polar surface area (TPSA) is 0 Å². The Morgan fingerprint density at radius 3 is 1.88 bits per heavy atom. The normalized spacial score (nSPS) is 19.5. The molecule has 1 aromatic carbocycles. The minimum Gasteiger partial charge on any atom is -1.00 e. The van der Waals surface area contributed by atoms with Crippen molar-refractivity contribution in [2.24, 2.45) is 5.41 Å². The van der Waals surface area contributed by atoms with E-state index in [0.717, 1.165) is 0 Å². The fourth-order valence-corrected chi connectivity index (χ4v) is 6.39. The molecule has 0 atom stereocenters. The summed E-state index contributed by atoms with van der Waals surface area (Å²) in [6, 6.07) is 10.0. The summed E-state index contributed by atoms with van der Waals surface area (Å²) < 4.78 is 0. The molecule has 0 amide bonds. The third-order valence-electron chi connectivity index (χ3n) is 5.63. The summed E-state index contributed by atoms with van der Waals surface area (Å²) in [5, 5.41) is 1.70. The van der Waals surface area contributed by atoms with Gasteiger partial charge in [0.05, 0.1) is 0 Å². The van der Waals surface area contributed by atoms with Crippen LogP contribution >= 0.6 is 0 Å². The molecule has 0 radical (unpaired) electrons. The van der Waals surface area contributed by atoms with Gasteiger partial charge < -0.3 is 24.8 Å². The summed E-state index contributed by atoms with van der Waals surface area (Å²) in [5.74, 6) is 0.